The standard InChI is InChI=1S/C23H32N2O2/c1-17-8-9-19(18(2)16-17)10-11-22(26)24-21-12-14-25(15-13-21)23(27)20-6-4-3-5-7-20/h8-11,16,20-21H,3-7,12-15H2,1-2H3,(H,24,26)/b11-10+. The van der Waals surface area contributed by atoms with Gasteiger partial charge in [0.15, 0.2) is 0 Å². The second-order valence-corrected chi connectivity index (χ2v) is 8.14. The minimum absolute atomic E-state index is 0.0490. The summed E-state index contributed by atoms with van der Waals surface area (Å²) in [5.74, 6) is 0.534. The van der Waals surface area contributed by atoms with E-state index in [1.54, 1.807) is 6.08 Å². The number of carbonyl (C=O) groups excluding carboxylic acids is 2. The van der Waals surface area contributed by atoms with Gasteiger partial charge in [-0.15, -0.1) is 0 Å². The fraction of sp³-hybridized carbons (Fsp3) is 0.565. The molecule has 0 bridgehead atoms. The first-order valence-electron chi connectivity index (χ1n) is 10.4. The SMILES string of the molecule is Cc1ccc(/C=C/C(=O)NC2CCN(C(=O)C3CCCCC3)CC2)c(C)c1. The molecule has 0 atom stereocenters. The average Bonchev–Trinajstić information content (AvgIpc) is 2.68. The van der Waals surface area contributed by atoms with Crippen molar-refractivity contribution in [1.29, 1.82) is 0 Å². The molecule has 2 aliphatic rings. The van der Waals surface area contributed by atoms with Crippen LogP contribution in [0.5, 0.6) is 0 Å². The maximum atomic E-state index is 12.6. The highest BCUT2D eigenvalue weighted by Crippen LogP contribution is 2.26. The number of nitrogens with one attached hydrogen (secondary N) is 1. The second-order valence-electron chi connectivity index (χ2n) is 8.14. The van der Waals surface area contributed by atoms with E-state index in [-0.39, 0.29) is 17.9 Å². The van der Waals surface area contributed by atoms with Crippen LogP contribution in [0.4, 0.5) is 0 Å². The molecule has 4 heteroatoms. The van der Waals surface area contributed by atoms with Crippen LogP contribution in [0.1, 0.15) is 61.6 Å². The van der Waals surface area contributed by atoms with E-state index in [0.717, 1.165) is 44.3 Å². The lowest BCUT2D eigenvalue weighted by atomic mass is 9.87. The third kappa shape index (κ3) is 5.44. The summed E-state index contributed by atoms with van der Waals surface area (Å²) in [6.07, 6.45) is 11.0. The zero-order valence-corrected chi connectivity index (χ0v) is 16.7. The number of aryl methyl sites for hydroxylation is 2. The summed E-state index contributed by atoms with van der Waals surface area (Å²) < 4.78 is 0. The molecular formula is C23H32N2O2. The molecule has 0 radical (unpaired) electrons. The van der Waals surface area contributed by atoms with Gasteiger partial charge in [-0.3, -0.25) is 9.59 Å². The summed E-state index contributed by atoms with van der Waals surface area (Å²) in [5, 5.41) is 3.10. The van der Waals surface area contributed by atoms with Crippen LogP contribution in [0.25, 0.3) is 6.08 Å². The molecule has 27 heavy (non-hydrogen) atoms. The largest absolute Gasteiger partial charge is 0.350 e. The van der Waals surface area contributed by atoms with E-state index in [4.69, 9.17) is 0 Å². The summed E-state index contributed by atoms with van der Waals surface area (Å²) in [6.45, 7) is 5.66. The Labute approximate surface area is 163 Å². The Morgan fingerprint density at radius 3 is 2.41 bits per heavy atom. The summed E-state index contributed by atoms with van der Waals surface area (Å²) in [4.78, 5) is 26.9. The quantitative estimate of drug-likeness (QED) is 0.817. The smallest absolute Gasteiger partial charge is 0.244 e. The van der Waals surface area contributed by atoms with Gasteiger partial charge in [0, 0.05) is 31.1 Å². The highest BCUT2D eigenvalue weighted by atomic mass is 16.2. The van der Waals surface area contributed by atoms with Gasteiger partial charge >= 0.3 is 0 Å². The molecule has 2 fully saturated rings. The van der Waals surface area contributed by atoms with E-state index in [0.29, 0.717) is 5.91 Å². The van der Waals surface area contributed by atoms with Gasteiger partial charge < -0.3 is 10.2 Å². The van der Waals surface area contributed by atoms with Crippen LogP contribution < -0.4 is 5.32 Å². The predicted molar refractivity (Wildman–Crippen MR) is 109 cm³/mol. The Balaban J connectivity index is 1.45. The van der Waals surface area contributed by atoms with Crippen molar-refractivity contribution >= 4 is 17.9 Å². The van der Waals surface area contributed by atoms with Crippen molar-refractivity contribution in [3.8, 4) is 0 Å². The maximum Gasteiger partial charge on any atom is 0.244 e. The van der Waals surface area contributed by atoms with Crippen molar-refractivity contribution in [3.05, 3.63) is 41.0 Å². The average molecular weight is 369 g/mol. The molecule has 1 aliphatic carbocycles. The van der Waals surface area contributed by atoms with Gasteiger partial charge in [-0.25, -0.2) is 0 Å². The van der Waals surface area contributed by atoms with Crippen LogP contribution in [-0.4, -0.2) is 35.8 Å². The van der Waals surface area contributed by atoms with Gasteiger partial charge in [0.1, 0.15) is 0 Å². The Hall–Kier alpha value is -2.10. The number of hydrogen-bond donors (Lipinski definition) is 1. The zero-order chi connectivity index (χ0) is 19.2. The first-order valence-corrected chi connectivity index (χ1v) is 10.4. The fourth-order valence-corrected chi connectivity index (χ4v) is 4.28. The van der Waals surface area contributed by atoms with Gasteiger partial charge in [-0.05, 0) is 56.7 Å². The van der Waals surface area contributed by atoms with Crippen LogP contribution in [0.3, 0.4) is 0 Å². The number of amides is 2. The minimum atomic E-state index is -0.0490. The monoisotopic (exact) mass is 368 g/mol. The molecule has 1 saturated carbocycles. The van der Waals surface area contributed by atoms with E-state index in [2.05, 4.69) is 31.3 Å². The Bertz CT molecular complexity index is 696. The zero-order valence-electron chi connectivity index (χ0n) is 16.7. The van der Waals surface area contributed by atoms with E-state index < -0.39 is 0 Å². The molecule has 0 spiro atoms. The molecule has 146 valence electrons. The molecule has 0 unspecified atom stereocenters. The van der Waals surface area contributed by atoms with Gasteiger partial charge in [0.05, 0.1) is 0 Å². The molecule has 1 N–H and O–H groups in total. The highest BCUT2D eigenvalue weighted by molar-refractivity contribution is 5.92. The molecule has 4 nitrogen and oxygen atoms in total. The van der Waals surface area contributed by atoms with Crippen molar-refractivity contribution in [1.82, 2.24) is 10.2 Å². The summed E-state index contributed by atoms with van der Waals surface area (Å²) >= 11 is 0. The van der Waals surface area contributed by atoms with E-state index in [1.165, 1.54) is 30.4 Å². The normalized spacial score (nSPS) is 19.4. The van der Waals surface area contributed by atoms with E-state index in [9.17, 15) is 9.59 Å². The van der Waals surface area contributed by atoms with Crippen LogP contribution in [0, 0.1) is 19.8 Å². The second kappa shape index (κ2) is 9.20. The lowest BCUT2D eigenvalue weighted by Gasteiger charge is -2.35. The van der Waals surface area contributed by atoms with E-state index >= 15 is 0 Å². The summed E-state index contributed by atoms with van der Waals surface area (Å²) in [7, 11) is 0. The number of piperidine rings is 1. The fourth-order valence-electron chi connectivity index (χ4n) is 4.28. The van der Waals surface area contributed by atoms with Crippen LogP contribution in [0.2, 0.25) is 0 Å². The van der Waals surface area contributed by atoms with Crippen LogP contribution >= 0.6 is 0 Å². The Morgan fingerprint density at radius 1 is 1.04 bits per heavy atom. The number of carbonyl (C=O) groups is 2. The van der Waals surface area contributed by atoms with Crippen LogP contribution in [-0.2, 0) is 9.59 Å². The molecule has 2 amide bonds. The minimum Gasteiger partial charge on any atom is -0.350 e. The number of hydrogen-bond acceptors (Lipinski definition) is 2. The lowest BCUT2D eigenvalue weighted by Crippen LogP contribution is -2.48. The molecule has 1 aromatic carbocycles. The van der Waals surface area contributed by atoms with Gasteiger partial charge in [0.25, 0.3) is 0 Å². The van der Waals surface area contributed by atoms with Gasteiger partial charge in [-0.1, -0.05) is 43.0 Å². The maximum absolute atomic E-state index is 12.6. The van der Waals surface area contributed by atoms with Gasteiger partial charge in [-0.2, -0.15) is 0 Å². The molecule has 1 aromatic rings. The molecular weight excluding hydrogens is 336 g/mol. The predicted octanol–water partition coefficient (Wildman–Crippen LogP) is 4.00. The lowest BCUT2D eigenvalue weighted by molar-refractivity contribution is -0.137. The first-order chi connectivity index (χ1) is 13.0. The summed E-state index contributed by atoms with van der Waals surface area (Å²) in [5.41, 5.74) is 3.47. The molecule has 3 rings (SSSR count). The van der Waals surface area contributed by atoms with Crippen molar-refractivity contribution < 1.29 is 9.59 Å². The molecule has 0 aromatic heterocycles. The van der Waals surface area contributed by atoms with Crippen molar-refractivity contribution in [2.45, 2.75) is 64.8 Å². The topological polar surface area (TPSA) is 49.4 Å². The number of likely N-dealkylation sites (tertiary alicyclic amines) is 1. The van der Waals surface area contributed by atoms with Crippen molar-refractivity contribution in [2.24, 2.45) is 5.92 Å². The van der Waals surface area contributed by atoms with Crippen molar-refractivity contribution in [3.63, 3.8) is 0 Å². The molecule has 1 heterocycles. The van der Waals surface area contributed by atoms with Crippen molar-refractivity contribution in [2.75, 3.05) is 13.1 Å². The Kier molecular flexibility index (Phi) is 6.70. The molecule has 1 saturated heterocycles. The summed E-state index contributed by atoms with van der Waals surface area (Å²) in [6, 6.07) is 6.39. The number of rotatable bonds is 4. The van der Waals surface area contributed by atoms with E-state index in [1.807, 2.05) is 17.0 Å². The van der Waals surface area contributed by atoms with Gasteiger partial charge in [0.2, 0.25) is 11.8 Å². The third-order valence-electron chi connectivity index (χ3n) is 5.95. The first kappa shape index (κ1) is 19.7. The van der Waals surface area contributed by atoms with Crippen LogP contribution in [0.15, 0.2) is 24.3 Å². The third-order valence-corrected chi connectivity index (χ3v) is 5.95. The number of benzene rings is 1. The molecule has 1 aliphatic heterocycles. The highest BCUT2D eigenvalue weighted by Gasteiger charge is 2.29. The Morgan fingerprint density at radius 2 is 1.74 bits per heavy atom. The number of nitrogens with zero attached hydrogens (tertiary/aromatic N) is 1.